The molecule has 0 spiro atoms. The van der Waals surface area contributed by atoms with Crippen molar-refractivity contribution in [3.63, 3.8) is 0 Å². The fourth-order valence-corrected chi connectivity index (χ4v) is 1.91. The number of hydrogen-bond acceptors (Lipinski definition) is 2. The molecule has 1 unspecified atom stereocenters. The predicted octanol–water partition coefficient (Wildman–Crippen LogP) is 4.86. The van der Waals surface area contributed by atoms with Gasteiger partial charge in [0.1, 0.15) is 5.76 Å². The Kier molecular flexibility index (Phi) is 3.83. The topological polar surface area (TPSA) is 25.2 Å². The highest BCUT2D eigenvalue weighted by Gasteiger charge is 2.33. The molecule has 1 atom stereocenters. The largest absolute Gasteiger partial charge is 0.467 e. The molecule has 0 fully saturated rings. The molecule has 0 aliphatic heterocycles. The van der Waals surface area contributed by atoms with Gasteiger partial charge in [-0.05, 0) is 30.7 Å². The fourth-order valence-electron chi connectivity index (χ4n) is 1.91. The molecule has 0 aliphatic carbocycles. The van der Waals surface area contributed by atoms with Crippen molar-refractivity contribution in [3.05, 3.63) is 54.0 Å². The van der Waals surface area contributed by atoms with Gasteiger partial charge in [-0.3, -0.25) is 0 Å². The van der Waals surface area contributed by atoms with Crippen molar-refractivity contribution < 1.29 is 17.6 Å². The van der Waals surface area contributed by atoms with Crippen LogP contribution in [0.4, 0.5) is 18.9 Å². The van der Waals surface area contributed by atoms with Crippen LogP contribution in [0.3, 0.4) is 0 Å². The third-order valence-electron chi connectivity index (χ3n) is 2.86. The lowest BCUT2D eigenvalue weighted by molar-refractivity contribution is -0.137. The van der Waals surface area contributed by atoms with Gasteiger partial charge in [-0.2, -0.15) is 13.2 Å². The fraction of sp³-hybridized carbons (Fsp3) is 0.286. The molecule has 2 nitrogen and oxygen atoms in total. The van der Waals surface area contributed by atoms with E-state index in [1.54, 1.807) is 18.2 Å². The van der Waals surface area contributed by atoms with E-state index in [-0.39, 0.29) is 11.7 Å². The molecule has 0 saturated heterocycles. The molecule has 0 aliphatic rings. The Balaban J connectivity index is 2.28. The number of para-hydroxylation sites is 1. The number of hydrogen-bond donors (Lipinski definition) is 1. The van der Waals surface area contributed by atoms with E-state index in [4.69, 9.17) is 4.42 Å². The average Bonchev–Trinajstić information content (AvgIpc) is 2.89. The summed E-state index contributed by atoms with van der Waals surface area (Å²) in [5, 5.41) is 2.89. The van der Waals surface area contributed by atoms with Crippen LogP contribution in [0.5, 0.6) is 0 Å². The number of alkyl halides is 3. The van der Waals surface area contributed by atoms with Crippen molar-refractivity contribution in [3.8, 4) is 0 Å². The van der Waals surface area contributed by atoms with E-state index in [1.165, 1.54) is 18.4 Å². The molecule has 0 amide bonds. The molecule has 5 heteroatoms. The molecular weight excluding hydrogens is 255 g/mol. The second-order valence-corrected chi connectivity index (χ2v) is 4.16. The number of furan rings is 1. The van der Waals surface area contributed by atoms with Crippen LogP contribution in [-0.4, -0.2) is 0 Å². The zero-order valence-electron chi connectivity index (χ0n) is 10.4. The second kappa shape index (κ2) is 5.38. The monoisotopic (exact) mass is 269 g/mol. The summed E-state index contributed by atoms with van der Waals surface area (Å²) in [4.78, 5) is 0. The zero-order chi connectivity index (χ0) is 13.9. The molecule has 0 bridgehead atoms. The smallest absolute Gasteiger partial charge is 0.418 e. The lowest BCUT2D eigenvalue weighted by Crippen LogP contribution is -2.14. The number of halogens is 3. The van der Waals surface area contributed by atoms with E-state index in [9.17, 15) is 13.2 Å². The van der Waals surface area contributed by atoms with Crippen molar-refractivity contribution in [2.45, 2.75) is 25.6 Å². The summed E-state index contributed by atoms with van der Waals surface area (Å²) in [5.41, 5.74) is -0.599. The van der Waals surface area contributed by atoms with Crippen LogP contribution in [0.2, 0.25) is 0 Å². The van der Waals surface area contributed by atoms with Gasteiger partial charge in [0, 0.05) is 5.69 Å². The van der Waals surface area contributed by atoms with E-state index < -0.39 is 11.7 Å². The quantitative estimate of drug-likeness (QED) is 0.857. The third-order valence-corrected chi connectivity index (χ3v) is 2.86. The molecule has 1 aromatic carbocycles. The first-order valence-electron chi connectivity index (χ1n) is 5.98. The van der Waals surface area contributed by atoms with Gasteiger partial charge in [-0.15, -0.1) is 0 Å². The molecule has 102 valence electrons. The van der Waals surface area contributed by atoms with Gasteiger partial charge in [0.2, 0.25) is 0 Å². The van der Waals surface area contributed by atoms with Crippen LogP contribution in [0, 0.1) is 0 Å². The lowest BCUT2D eigenvalue weighted by atomic mass is 10.1. The Labute approximate surface area is 109 Å². The SMILES string of the molecule is CCC(Nc1ccccc1C(F)(F)F)c1ccco1. The van der Waals surface area contributed by atoms with Gasteiger partial charge in [0.05, 0.1) is 17.9 Å². The molecule has 1 N–H and O–H groups in total. The Morgan fingerprint density at radius 2 is 1.89 bits per heavy atom. The van der Waals surface area contributed by atoms with E-state index >= 15 is 0 Å². The second-order valence-electron chi connectivity index (χ2n) is 4.16. The molecule has 2 aromatic rings. The molecule has 1 heterocycles. The minimum atomic E-state index is -4.37. The minimum absolute atomic E-state index is 0.0678. The van der Waals surface area contributed by atoms with Crippen LogP contribution in [0.25, 0.3) is 0 Å². The number of rotatable bonds is 4. The summed E-state index contributed by atoms with van der Waals surface area (Å²) in [6.45, 7) is 1.89. The summed E-state index contributed by atoms with van der Waals surface area (Å²) < 4.78 is 43.9. The normalized spacial score (nSPS) is 13.3. The van der Waals surface area contributed by atoms with Gasteiger partial charge < -0.3 is 9.73 Å². The highest BCUT2D eigenvalue weighted by atomic mass is 19.4. The standard InChI is InChI=1S/C14H14F3NO/c1-2-11(13-8-5-9-19-13)18-12-7-4-3-6-10(12)14(15,16)17/h3-9,11,18H,2H2,1H3. The zero-order valence-corrected chi connectivity index (χ0v) is 10.4. The van der Waals surface area contributed by atoms with E-state index in [0.29, 0.717) is 12.2 Å². The van der Waals surface area contributed by atoms with E-state index in [1.807, 2.05) is 6.92 Å². The molecule has 19 heavy (non-hydrogen) atoms. The van der Waals surface area contributed by atoms with Crippen LogP contribution < -0.4 is 5.32 Å². The molecular formula is C14H14F3NO. The molecule has 1 aromatic heterocycles. The number of anilines is 1. The number of nitrogens with one attached hydrogen (secondary N) is 1. The Morgan fingerprint density at radius 3 is 2.47 bits per heavy atom. The third kappa shape index (κ3) is 3.10. The van der Waals surface area contributed by atoms with Crippen molar-refractivity contribution >= 4 is 5.69 Å². The summed E-state index contributed by atoms with van der Waals surface area (Å²) in [5.74, 6) is 0.625. The lowest BCUT2D eigenvalue weighted by Gasteiger charge is -2.19. The Bertz CT molecular complexity index is 520. The first kappa shape index (κ1) is 13.5. The maximum atomic E-state index is 12.9. The van der Waals surface area contributed by atoms with E-state index in [0.717, 1.165) is 6.07 Å². The average molecular weight is 269 g/mol. The molecule has 0 radical (unpaired) electrons. The first-order chi connectivity index (χ1) is 9.02. The highest BCUT2D eigenvalue weighted by Crippen LogP contribution is 2.36. The van der Waals surface area contributed by atoms with Gasteiger partial charge in [-0.25, -0.2) is 0 Å². The van der Waals surface area contributed by atoms with Crippen molar-refractivity contribution in [2.75, 3.05) is 5.32 Å². The predicted molar refractivity (Wildman–Crippen MR) is 66.8 cm³/mol. The summed E-state index contributed by atoms with van der Waals surface area (Å²) >= 11 is 0. The van der Waals surface area contributed by atoms with Gasteiger partial charge in [0.25, 0.3) is 0 Å². The van der Waals surface area contributed by atoms with Crippen molar-refractivity contribution in [1.82, 2.24) is 0 Å². The van der Waals surface area contributed by atoms with Crippen LogP contribution in [-0.2, 0) is 6.18 Å². The van der Waals surface area contributed by atoms with Gasteiger partial charge in [0.15, 0.2) is 0 Å². The molecule has 2 rings (SSSR count). The Morgan fingerprint density at radius 1 is 1.16 bits per heavy atom. The maximum Gasteiger partial charge on any atom is 0.418 e. The van der Waals surface area contributed by atoms with Gasteiger partial charge in [-0.1, -0.05) is 19.1 Å². The van der Waals surface area contributed by atoms with Crippen LogP contribution in [0.15, 0.2) is 47.1 Å². The first-order valence-corrected chi connectivity index (χ1v) is 5.98. The summed E-state index contributed by atoms with van der Waals surface area (Å²) in [6, 6.07) is 8.63. The Hall–Kier alpha value is -1.91. The number of benzene rings is 1. The minimum Gasteiger partial charge on any atom is -0.467 e. The van der Waals surface area contributed by atoms with E-state index in [2.05, 4.69) is 5.32 Å². The summed E-state index contributed by atoms with van der Waals surface area (Å²) in [7, 11) is 0. The van der Waals surface area contributed by atoms with Crippen molar-refractivity contribution in [1.29, 1.82) is 0 Å². The van der Waals surface area contributed by atoms with Crippen LogP contribution in [0.1, 0.15) is 30.7 Å². The van der Waals surface area contributed by atoms with Gasteiger partial charge >= 0.3 is 6.18 Å². The summed E-state index contributed by atoms with van der Waals surface area (Å²) in [6.07, 6.45) is -2.24. The van der Waals surface area contributed by atoms with Crippen LogP contribution >= 0.6 is 0 Å². The highest BCUT2D eigenvalue weighted by molar-refractivity contribution is 5.53. The van der Waals surface area contributed by atoms with Crippen molar-refractivity contribution in [2.24, 2.45) is 0 Å². The maximum absolute atomic E-state index is 12.9. The molecule has 0 saturated carbocycles.